The second-order valence-electron chi connectivity index (χ2n) is 14.6. The average Bonchev–Trinajstić information content (AvgIpc) is 3.31. The van der Waals surface area contributed by atoms with Crippen molar-refractivity contribution in [3.63, 3.8) is 0 Å². The van der Waals surface area contributed by atoms with Crippen LogP contribution in [-0.4, -0.2) is 63.7 Å². The predicted molar refractivity (Wildman–Crippen MR) is 256 cm³/mol. The molecule has 6 aromatic rings. The van der Waals surface area contributed by atoms with Gasteiger partial charge in [-0.3, -0.25) is 0 Å². The molecule has 0 unspecified atom stereocenters. The molecule has 0 amide bonds. The van der Waals surface area contributed by atoms with E-state index in [9.17, 15) is 13.0 Å². The minimum Gasteiger partial charge on any atom is -0.744 e. The van der Waals surface area contributed by atoms with Gasteiger partial charge in [0, 0.05) is 105 Å². The Kier molecular flexibility index (Phi) is 14.5. The van der Waals surface area contributed by atoms with Gasteiger partial charge in [0.2, 0.25) is 11.0 Å². The van der Waals surface area contributed by atoms with Crippen LogP contribution in [0.25, 0.3) is 33.4 Å². The Hall–Kier alpha value is -5.66. The molecule has 0 radical (unpaired) electrons. The number of fused-ring (bicyclic) bond motifs is 2. The third kappa shape index (κ3) is 10.9. The number of thioether (sulfide) groups is 2. The molecule has 11 heteroatoms. The molecule has 0 aromatic heterocycles. The first-order chi connectivity index (χ1) is 30.4. The van der Waals surface area contributed by atoms with Crippen LogP contribution in [0, 0.1) is 0 Å². The molecule has 1 aliphatic heterocycles. The van der Waals surface area contributed by atoms with E-state index >= 15 is 0 Å². The van der Waals surface area contributed by atoms with Crippen molar-refractivity contribution in [1.82, 2.24) is 15.2 Å². The van der Waals surface area contributed by atoms with Crippen LogP contribution >= 0.6 is 23.5 Å². The fourth-order valence-corrected chi connectivity index (χ4v) is 9.91. The van der Waals surface area contributed by atoms with E-state index < -0.39 is 10.1 Å². The summed E-state index contributed by atoms with van der Waals surface area (Å²) >= 11 is 3.66. The molecule has 0 bridgehead atoms. The number of hydrogen-bond acceptors (Lipinski definition) is 9. The van der Waals surface area contributed by atoms with Gasteiger partial charge in [-0.25, -0.2) is 8.42 Å². The van der Waals surface area contributed by atoms with Crippen molar-refractivity contribution >= 4 is 61.7 Å². The first kappa shape index (κ1) is 43.0. The molecule has 0 atom stereocenters. The Balaban J connectivity index is 1.17. The first-order valence-electron chi connectivity index (χ1n) is 20.7. The Labute approximate surface area is 372 Å². The Morgan fingerprint density at radius 3 is 1.84 bits per heavy atom. The van der Waals surface area contributed by atoms with Crippen LogP contribution in [0.15, 0.2) is 201 Å². The molecule has 0 fully saturated rings. The molecule has 0 saturated heterocycles. The van der Waals surface area contributed by atoms with Gasteiger partial charge in [-0.15, -0.1) is 23.5 Å². The summed E-state index contributed by atoms with van der Waals surface area (Å²) in [5.41, 5.74) is 5.21. The molecule has 314 valence electrons. The van der Waals surface area contributed by atoms with E-state index in [2.05, 4.69) is 92.9 Å². The molecular weight excluding hydrogens is 829 g/mol. The maximum absolute atomic E-state index is 12.8. The van der Waals surface area contributed by atoms with Gasteiger partial charge in [0.15, 0.2) is 6.54 Å². The van der Waals surface area contributed by atoms with E-state index in [1.807, 2.05) is 108 Å². The number of anilines is 2. The number of benzene rings is 7. The summed E-state index contributed by atoms with van der Waals surface area (Å²) in [7, 11) is -4.81. The van der Waals surface area contributed by atoms with E-state index in [-0.39, 0.29) is 4.90 Å². The minimum absolute atomic E-state index is 0.271. The summed E-state index contributed by atoms with van der Waals surface area (Å²) in [5.74, 6) is 2.47. The number of nitrogens with zero attached hydrogens (tertiary/aromatic N) is 2. The van der Waals surface area contributed by atoms with Gasteiger partial charge in [0.25, 0.3) is 0 Å². The van der Waals surface area contributed by atoms with E-state index in [1.165, 1.54) is 15.9 Å². The van der Waals surface area contributed by atoms with Crippen LogP contribution < -0.4 is 25.5 Å². The number of para-hydroxylation sites is 2. The normalized spacial score (nSPS) is 12.1. The number of rotatable bonds is 19. The highest BCUT2D eigenvalue weighted by atomic mass is 32.2. The van der Waals surface area contributed by atoms with Gasteiger partial charge in [0.1, 0.15) is 21.5 Å². The maximum Gasteiger partial charge on any atom is 0.209 e. The molecule has 8 nitrogen and oxygen atoms in total. The summed E-state index contributed by atoms with van der Waals surface area (Å²) in [5, 5.41) is 8.85. The molecule has 62 heavy (non-hydrogen) atoms. The Bertz CT molecular complexity index is 2840. The molecule has 0 saturated carbocycles. The van der Waals surface area contributed by atoms with E-state index in [0.29, 0.717) is 46.5 Å². The quantitative estimate of drug-likeness (QED) is 0.0270. The van der Waals surface area contributed by atoms with Gasteiger partial charge in [-0.2, -0.15) is 4.58 Å². The number of hydrogen-bond donors (Lipinski definition) is 2. The Morgan fingerprint density at radius 1 is 0.581 bits per heavy atom. The van der Waals surface area contributed by atoms with E-state index in [1.54, 1.807) is 18.2 Å². The highest BCUT2D eigenvalue weighted by molar-refractivity contribution is 7.99. The fourth-order valence-electron chi connectivity index (χ4n) is 7.56. The summed E-state index contributed by atoms with van der Waals surface area (Å²) in [6.07, 6.45) is 0. The monoisotopic (exact) mass is 876 g/mol. The summed E-state index contributed by atoms with van der Waals surface area (Å²) in [6, 6.07) is 59.8. The molecule has 2 N–H and O–H groups in total. The minimum atomic E-state index is -4.81. The maximum atomic E-state index is 12.8. The zero-order chi connectivity index (χ0) is 42.6. The molecule has 6 aromatic carbocycles. The van der Waals surface area contributed by atoms with Gasteiger partial charge in [0.05, 0.1) is 17.5 Å². The van der Waals surface area contributed by atoms with Crippen molar-refractivity contribution in [2.75, 3.05) is 55.7 Å². The lowest BCUT2D eigenvalue weighted by atomic mass is 9.93. The van der Waals surface area contributed by atoms with Crippen molar-refractivity contribution < 1.29 is 17.4 Å². The van der Waals surface area contributed by atoms with Crippen molar-refractivity contribution in [3.05, 3.63) is 187 Å². The summed E-state index contributed by atoms with van der Waals surface area (Å²) in [4.78, 5) is 4.49. The van der Waals surface area contributed by atoms with E-state index in [4.69, 9.17) is 4.42 Å². The molecule has 8 rings (SSSR count). The third-order valence-corrected chi connectivity index (χ3v) is 13.4. The standard InChI is InChI=1S/C51H48N4O4S3/c56-62(57,58)50-24-14-13-23-47(50)51-45-27-25-41(54(39-15-5-1-6-16-39)33-29-52-31-35-60-43-19-9-3-10-20-43)37-48(45)59-49-38-42(26-28-46(49)51)55(40-17-7-2-8-18-40)34-30-53-32-36-61-44-21-11-4-12-22-44/h1-28,37-38,52-53H,29-36H2. The first-order valence-corrected chi connectivity index (χ1v) is 24.1. The second-order valence-corrected chi connectivity index (χ2v) is 18.3. The second kappa shape index (κ2) is 20.9. The number of nitrogens with one attached hydrogen (secondary N) is 2. The summed E-state index contributed by atoms with van der Waals surface area (Å²) in [6.45, 7) is 4.60. The lowest BCUT2D eigenvalue weighted by molar-refractivity contribution is 0.463. The lowest BCUT2D eigenvalue weighted by Gasteiger charge is -2.26. The third-order valence-electron chi connectivity index (χ3n) is 10.5. The zero-order valence-corrected chi connectivity index (χ0v) is 36.7. The van der Waals surface area contributed by atoms with Crippen molar-refractivity contribution in [2.24, 2.45) is 0 Å². The van der Waals surface area contributed by atoms with Crippen LogP contribution in [0.2, 0.25) is 0 Å². The largest absolute Gasteiger partial charge is 0.744 e. The SMILES string of the molecule is O=S(=O)([O-])c1ccccc1-c1c2ccc(=[N+](CCNCCSc3ccccc3)c3ccccc3)cc-2oc2cc(N(CCNCCSc3ccccc3)c3ccccc3)ccc12. The van der Waals surface area contributed by atoms with Crippen LogP contribution in [0.1, 0.15) is 0 Å². The van der Waals surface area contributed by atoms with Gasteiger partial charge in [-0.1, -0.05) is 91.0 Å². The predicted octanol–water partition coefficient (Wildman–Crippen LogP) is 10.1. The van der Waals surface area contributed by atoms with Crippen molar-refractivity contribution in [2.45, 2.75) is 14.7 Å². The van der Waals surface area contributed by atoms with Crippen LogP contribution in [0.4, 0.5) is 17.1 Å². The zero-order valence-electron chi connectivity index (χ0n) is 34.2. The lowest BCUT2D eigenvalue weighted by Crippen LogP contribution is -2.33. The van der Waals surface area contributed by atoms with Crippen molar-refractivity contribution in [1.29, 1.82) is 0 Å². The molecule has 0 spiro atoms. The van der Waals surface area contributed by atoms with E-state index in [0.717, 1.165) is 60.1 Å². The highest BCUT2D eigenvalue weighted by Crippen LogP contribution is 2.43. The Morgan fingerprint density at radius 2 is 1.18 bits per heavy atom. The molecule has 1 heterocycles. The average molecular weight is 877 g/mol. The molecule has 1 aliphatic carbocycles. The highest BCUT2D eigenvalue weighted by Gasteiger charge is 2.23. The van der Waals surface area contributed by atoms with Crippen LogP contribution in [0.3, 0.4) is 0 Å². The smallest absolute Gasteiger partial charge is 0.209 e. The molecule has 2 aliphatic rings. The van der Waals surface area contributed by atoms with Crippen LogP contribution in [0.5, 0.6) is 0 Å². The summed E-state index contributed by atoms with van der Waals surface area (Å²) < 4.78 is 47.4. The van der Waals surface area contributed by atoms with Gasteiger partial charge < -0.3 is 24.5 Å². The van der Waals surface area contributed by atoms with Crippen LogP contribution in [-0.2, 0) is 10.1 Å². The fraction of sp³-hybridized carbons (Fsp3) is 0.157. The van der Waals surface area contributed by atoms with Crippen molar-refractivity contribution in [3.8, 4) is 22.5 Å². The van der Waals surface area contributed by atoms with Gasteiger partial charge >= 0.3 is 0 Å². The molecular formula is C51H48N4O4S3. The van der Waals surface area contributed by atoms with Gasteiger partial charge in [-0.05, 0) is 60.7 Å². The topological polar surface area (TPSA) is 101 Å².